The van der Waals surface area contributed by atoms with Crippen LogP contribution in [0.15, 0.2) is 30.3 Å². The number of likely N-dealkylation sites (tertiary alicyclic amines) is 1. The molecular formula is C23H29NO4. The first-order chi connectivity index (χ1) is 13.5. The van der Waals surface area contributed by atoms with Gasteiger partial charge < -0.3 is 9.47 Å². The first-order valence-corrected chi connectivity index (χ1v) is 10.6. The van der Waals surface area contributed by atoms with Crippen molar-refractivity contribution in [1.29, 1.82) is 0 Å². The van der Waals surface area contributed by atoms with Gasteiger partial charge in [0.05, 0.1) is 13.2 Å². The van der Waals surface area contributed by atoms with E-state index in [2.05, 4.69) is 0 Å². The van der Waals surface area contributed by atoms with Crippen molar-refractivity contribution in [2.24, 2.45) is 35.0 Å². The lowest BCUT2D eigenvalue weighted by Gasteiger charge is -2.44. The van der Waals surface area contributed by atoms with E-state index in [9.17, 15) is 9.59 Å². The number of benzene rings is 1. The summed E-state index contributed by atoms with van der Waals surface area (Å²) in [6.45, 7) is 5.85. The summed E-state index contributed by atoms with van der Waals surface area (Å²) in [5.74, 6) is 1.27. The SMILES string of the molecule is CC1C(=O)N(CC2CC3CC2CC32COC(c3ccccc3)OC2)C(=O)C1C. The Morgan fingerprint density at radius 2 is 1.64 bits per heavy atom. The average Bonchev–Trinajstić information content (AvgIpc) is 3.33. The Hall–Kier alpha value is -1.72. The molecule has 2 saturated carbocycles. The fourth-order valence-electron chi connectivity index (χ4n) is 6.05. The van der Waals surface area contributed by atoms with E-state index in [4.69, 9.17) is 9.47 Å². The third kappa shape index (κ3) is 2.74. The van der Waals surface area contributed by atoms with Gasteiger partial charge >= 0.3 is 0 Å². The van der Waals surface area contributed by atoms with Crippen LogP contribution in [0.4, 0.5) is 0 Å². The molecular weight excluding hydrogens is 354 g/mol. The number of ether oxygens (including phenoxy) is 2. The number of carbonyl (C=O) groups is 2. The summed E-state index contributed by atoms with van der Waals surface area (Å²) in [6, 6.07) is 10.1. The second-order valence-corrected chi connectivity index (χ2v) is 9.48. The smallest absolute Gasteiger partial charge is 0.232 e. The molecule has 28 heavy (non-hydrogen) atoms. The number of nitrogens with zero attached hydrogens (tertiary/aromatic N) is 1. The molecule has 1 spiro atoms. The van der Waals surface area contributed by atoms with Gasteiger partial charge in [-0.2, -0.15) is 0 Å². The number of rotatable bonds is 3. The van der Waals surface area contributed by atoms with E-state index >= 15 is 0 Å². The molecule has 5 nitrogen and oxygen atoms in total. The molecule has 0 radical (unpaired) electrons. The quantitative estimate of drug-likeness (QED) is 0.751. The number of fused-ring (bicyclic) bond motifs is 3. The number of carbonyl (C=O) groups excluding carboxylic acids is 2. The normalized spacial score (nSPS) is 42.7. The minimum absolute atomic E-state index is 0.0185. The molecule has 5 unspecified atom stereocenters. The van der Waals surface area contributed by atoms with Gasteiger partial charge in [0.25, 0.3) is 0 Å². The van der Waals surface area contributed by atoms with Crippen LogP contribution in [-0.2, 0) is 19.1 Å². The molecule has 0 aromatic heterocycles. The van der Waals surface area contributed by atoms with Gasteiger partial charge in [-0.1, -0.05) is 44.2 Å². The summed E-state index contributed by atoms with van der Waals surface area (Å²) in [7, 11) is 0. The molecule has 4 aliphatic rings. The van der Waals surface area contributed by atoms with E-state index in [1.165, 1.54) is 6.42 Å². The lowest BCUT2D eigenvalue weighted by molar-refractivity contribution is -0.246. The van der Waals surface area contributed by atoms with E-state index < -0.39 is 0 Å². The maximum Gasteiger partial charge on any atom is 0.232 e. The van der Waals surface area contributed by atoms with Crippen LogP contribution in [0, 0.1) is 35.0 Å². The zero-order valence-corrected chi connectivity index (χ0v) is 16.7. The predicted octanol–water partition coefficient (Wildman–Crippen LogP) is 3.41. The van der Waals surface area contributed by atoms with Crippen molar-refractivity contribution in [2.45, 2.75) is 39.4 Å². The highest BCUT2D eigenvalue weighted by atomic mass is 16.7. The van der Waals surface area contributed by atoms with Gasteiger partial charge in [0.2, 0.25) is 11.8 Å². The molecule has 1 aromatic rings. The van der Waals surface area contributed by atoms with E-state index in [-0.39, 0.29) is 35.4 Å². The molecule has 5 rings (SSSR count). The zero-order chi connectivity index (χ0) is 19.5. The highest BCUT2D eigenvalue weighted by molar-refractivity contribution is 6.04. The molecule has 1 aromatic carbocycles. The van der Waals surface area contributed by atoms with Crippen LogP contribution >= 0.6 is 0 Å². The number of amides is 2. The van der Waals surface area contributed by atoms with Crippen molar-refractivity contribution >= 4 is 11.8 Å². The topological polar surface area (TPSA) is 55.8 Å². The van der Waals surface area contributed by atoms with Crippen molar-refractivity contribution in [2.75, 3.05) is 19.8 Å². The molecule has 2 amide bonds. The van der Waals surface area contributed by atoms with Crippen molar-refractivity contribution < 1.29 is 19.1 Å². The Kier molecular flexibility index (Phi) is 4.36. The third-order valence-corrected chi connectivity index (χ3v) is 7.97. The van der Waals surface area contributed by atoms with Crippen LogP contribution in [-0.4, -0.2) is 36.5 Å². The van der Waals surface area contributed by atoms with Crippen LogP contribution < -0.4 is 0 Å². The summed E-state index contributed by atoms with van der Waals surface area (Å²) in [5, 5.41) is 0. The minimum atomic E-state index is -0.260. The molecule has 5 heteroatoms. The lowest BCUT2D eigenvalue weighted by Crippen LogP contribution is -2.45. The molecule has 2 heterocycles. The Labute approximate surface area is 166 Å². The van der Waals surface area contributed by atoms with Crippen LogP contribution in [0.5, 0.6) is 0 Å². The van der Waals surface area contributed by atoms with Gasteiger partial charge in [-0.05, 0) is 37.0 Å². The molecule has 150 valence electrons. The molecule has 2 aliphatic heterocycles. The Bertz CT molecular complexity index is 750. The summed E-state index contributed by atoms with van der Waals surface area (Å²) >= 11 is 0. The van der Waals surface area contributed by atoms with Crippen LogP contribution in [0.3, 0.4) is 0 Å². The van der Waals surface area contributed by atoms with Crippen LogP contribution in [0.1, 0.15) is 45.0 Å². The maximum atomic E-state index is 12.5. The molecule has 0 N–H and O–H groups in total. The van der Waals surface area contributed by atoms with Gasteiger partial charge in [0, 0.05) is 29.4 Å². The first kappa shape index (κ1) is 18.3. The summed E-state index contributed by atoms with van der Waals surface area (Å²) < 4.78 is 12.3. The largest absolute Gasteiger partial charge is 0.348 e. The van der Waals surface area contributed by atoms with E-state index in [0.29, 0.717) is 24.3 Å². The summed E-state index contributed by atoms with van der Waals surface area (Å²) in [4.78, 5) is 26.5. The number of hydrogen-bond acceptors (Lipinski definition) is 4. The number of hydrogen-bond donors (Lipinski definition) is 0. The lowest BCUT2D eigenvalue weighted by atomic mass is 9.70. The minimum Gasteiger partial charge on any atom is -0.348 e. The molecule has 2 bridgehead atoms. The highest BCUT2D eigenvalue weighted by Gasteiger charge is 2.57. The van der Waals surface area contributed by atoms with Gasteiger partial charge in [-0.25, -0.2) is 0 Å². The van der Waals surface area contributed by atoms with Crippen molar-refractivity contribution in [1.82, 2.24) is 4.90 Å². The highest BCUT2D eigenvalue weighted by Crippen LogP contribution is 2.60. The van der Waals surface area contributed by atoms with Crippen molar-refractivity contribution in [3.8, 4) is 0 Å². The van der Waals surface area contributed by atoms with Crippen LogP contribution in [0.2, 0.25) is 0 Å². The predicted molar refractivity (Wildman–Crippen MR) is 103 cm³/mol. The Morgan fingerprint density at radius 3 is 2.21 bits per heavy atom. The van der Waals surface area contributed by atoms with E-state index in [0.717, 1.165) is 31.6 Å². The molecule has 2 saturated heterocycles. The summed E-state index contributed by atoms with van der Waals surface area (Å²) in [5.41, 5.74) is 1.19. The van der Waals surface area contributed by atoms with Gasteiger partial charge in [0.1, 0.15) is 0 Å². The van der Waals surface area contributed by atoms with Crippen molar-refractivity contribution in [3.05, 3.63) is 35.9 Å². The maximum absolute atomic E-state index is 12.5. The number of imide groups is 1. The first-order valence-electron chi connectivity index (χ1n) is 10.6. The van der Waals surface area contributed by atoms with Gasteiger partial charge in [0.15, 0.2) is 6.29 Å². The Morgan fingerprint density at radius 1 is 1.00 bits per heavy atom. The second kappa shape index (κ2) is 6.67. The van der Waals surface area contributed by atoms with Gasteiger partial charge in [-0.15, -0.1) is 0 Å². The zero-order valence-electron chi connectivity index (χ0n) is 16.7. The van der Waals surface area contributed by atoms with E-state index in [1.807, 2.05) is 44.2 Å². The summed E-state index contributed by atoms with van der Waals surface area (Å²) in [6.07, 6.45) is 3.08. The molecule has 5 atom stereocenters. The third-order valence-electron chi connectivity index (χ3n) is 7.97. The van der Waals surface area contributed by atoms with Crippen molar-refractivity contribution in [3.63, 3.8) is 0 Å². The molecule has 2 aliphatic carbocycles. The fourth-order valence-corrected chi connectivity index (χ4v) is 6.05. The van der Waals surface area contributed by atoms with Crippen LogP contribution in [0.25, 0.3) is 0 Å². The standard InChI is InChI=1S/C23H29NO4/c1-14-15(2)21(26)24(20(14)25)11-18-9-19-8-17(18)10-23(19)12-27-22(28-13-23)16-6-4-3-5-7-16/h3-7,14-15,17-19,22H,8-13H2,1-2H3. The molecule has 4 fully saturated rings. The monoisotopic (exact) mass is 383 g/mol. The second-order valence-electron chi connectivity index (χ2n) is 9.48. The fraction of sp³-hybridized carbons (Fsp3) is 0.652. The van der Waals surface area contributed by atoms with E-state index in [1.54, 1.807) is 4.90 Å². The Balaban J connectivity index is 1.21. The van der Waals surface area contributed by atoms with Gasteiger partial charge in [-0.3, -0.25) is 14.5 Å². The average molecular weight is 383 g/mol.